The predicted molar refractivity (Wildman–Crippen MR) is 56.2 cm³/mol. The Kier molecular flexibility index (Phi) is 3.00. The lowest BCUT2D eigenvalue weighted by Crippen LogP contribution is -2.31. The number of aryl methyl sites for hydroxylation is 1. The average molecular weight is 211 g/mol. The van der Waals surface area contributed by atoms with Crippen molar-refractivity contribution in [3.8, 4) is 0 Å². The number of halogens is 2. The van der Waals surface area contributed by atoms with E-state index in [9.17, 15) is 8.78 Å². The Balaban J connectivity index is 2.19. The van der Waals surface area contributed by atoms with Crippen LogP contribution >= 0.6 is 0 Å². The van der Waals surface area contributed by atoms with E-state index in [2.05, 4.69) is 6.07 Å². The van der Waals surface area contributed by atoms with Crippen molar-refractivity contribution >= 4 is 0 Å². The minimum Gasteiger partial charge on any atom is -0.323 e. The fourth-order valence-corrected chi connectivity index (χ4v) is 2.23. The smallest absolute Gasteiger partial charge is 0.253 e. The molecule has 3 heteroatoms. The maximum atomic E-state index is 12.3. The second-order valence-corrected chi connectivity index (χ2v) is 4.11. The lowest BCUT2D eigenvalue weighted by Gasteiger charge is -2.13. The molecule has 0 saturated carbocycles. The Bertz CT molecular complexity index is 349. The Labute approximate surface area is 88.3 Å². The van der Waals surface area contributed by atoms with Crippen LogP contribution < -0.4 is 5.73 Å². The van der Waals surface area contributed by atoms with Gasteiger partial charge in [0.05, 0.1) is 6.04 Å². The molecule has 0 fully saturated rings. The van der Waals surface area contributed by atoms with Crippen LogP contribution in [0.15, 0.2) is 18.2 Å². The van der Waals surface area contributed by atoms with Gasteiger partial charge in [0.2, 0.25) is 0 Å². The van der Waals surface area contributed by atoms with Gasteiger partial charge in [-0.15, -0.1) is 0 Å². The Morgan fingerprint density at radius 2 is 2.07 bits per heavy atom. The van der Waals surface area contributed by atoms with Crippen molar-refractivity contribution in [2.75, 3.05) is 0 Å². The van der Waals surface area contributed by atoms with Gasteiger partial charge in [0.15, 0.2) is 0 Å². The molecule has 1 aromatic carbocycles. The number of hydrogen-bond donors (Lipinski definition) is 1. The molecule has 82 valence electrons. The lowest BCUT2D eigenvalue weighted by atomic mass is 9.98. The SMILES string of the molecule is NC(Cc1cccc2c1CCC2)C(F)F. The van der Waals surface area contributed by atoms with E-state index in [4.69, 9.17) is 5.73 Å². The summed E-state index contributed by atoms with van der Waals surface area (Å²) in [6.07, 6.45) is 1.09. The molecule has 1 aliphatic carbocycles. The molecule has 0 aliphatic heterocycles. The number of nitrogens with two attached hydrogens (primary N) is 1. The highest BCUT2D eigenvalue weighted by atomic mass is 19.3. The van der Waals surface area contributed by atoms with Gasteiger partial charge in [0, 0.05) is 0 Å². The fraction of sp³-hybridized carbons (Fsp3) is 0.500. The normalized spacial score (nSPS) is 16.8. The summed E-state index contributed by atoms with van der Waals surface area (Å²) < 4.78 is 24.7. The van der Waals surface area contributed by atoms with Crippen molar-refractivity contribution in [2.24, 2.45) is 5.73 Å². The fourth-order valence-electron chi connectivity index (χ4n) is 2.23. The van der Waals surface area contributed by atoms with Crippen LogP contribution in [0, 0.1) is 0 Å². The van der Waals surface area contributed by atoms with Gasteiger partial charge in [-0.2, -0.15) is 0 Å². The van der Waals surface area contributed by atoms with Crippen molar-refractivity contribution in [2.45, 2.75) is 38.2 Å². The molecular weight excluding hydrogens is 196 g/mol. The number of fused-ring (bicyclic) bond motifs is 1. The molecule has 1 aliphatic rings. The van der Waals surface area contributed by atoms with Crippen LogP contribution in [0.2, 0.25) is 0 Å². The highest BCUT2D eigenvalue weighted by molar-refractivity contribution is 5.38. The Morgan fingerprint density at radius 3 is 2.80 bits per heavy atom. The van der Waals surface area contributed by atoms with Crippen LogP contribution in [0.4, 0.5) is 8.78 Å². The van der Waals surface area contributed by atoms with Crippen LogP contribution in [-0.4, -0.2) is 12.5 Å². The third kappa shape index (κ3) is 2.17. The summed E-state index contributed by atoms with van der Waals surface area (Å²) in [7, 11) is 0. The van der Waals surface area contributed by atoms with E-state index < -0.39 is 12.5 Å². The number of hydrogen-bond acceptors (Lipinski definition) is 1. The van der Waals surface area contributed by atoms with Crippen molar-refractivity contribution in [3.63, 3.8) is 0 Å². The van der Waals surface area contributed by atoms with Gasteiger partial charge in [-0.1, -0.05) is 18.2 Å². The van der Waals surface area contributed by atoms with Gasteiger partial charge in [-0.3, -0.25) is 0 Å². The van der Waals surface area contributed by atoms with Gasteiger partial charge in [-0.05, 0) is 42.4 Å². The minimum absolute atomic E-state index is 0.292. The van der Waals surface area contributed by atoms with Crippen molar-refractivity contribution < 1.29 is 8.78 Å². The minimum atomic E-state index is -2.43. The van der Waals surface area contributed by atoms with E-state index in [1.807, 2.05) is 12.1 Å². The van der Waals surface area contributed by atoms with E-state index in [1.54, 1.807) is 0 Å². The molecule has 1 aromatic rings. The van der Waals surface area contributed by atoms with Gasteiger partial charge in [0.25, 0.3) is 6.43 Å². The number of alkyl halides is 2. The van der Waals surface area contributed by atoms with E-state index in [0.29, 0.717) is 6.42 Å². The molecular formula is C12H15F2N. The summed E-state index contributed by atoms with van der Waals surface area (Å²) in [5.74, 6) is 0. The second kappa shape index (κ2) is 4.27. The van der Waals surface area contributed by atoms with Crippen LogP contribution in [0.5, 0.6) is 0 Å². The van der Waals surface area contributed by atoms with Crippen LogP contribution in [0.3, 0.4) is 0 Å². The van der Waals surface area contributed by atoms with Crippen molar-refractivity contribution in [1.82, 2.24) is 0 Å². The van der Waals surface area contributed by atoms with Gasteiger partial charge >= 0.3 is 0 Å². The summed E-state index contributed by atoms with van der Waals surface area (Å²) in [4.78, 5) is 0. The van der Waals surface area contributed by atoms with Crippen molar-refractivity contribution in [3.05, 3.63) is 34.9 Å². The monoisotopic (exact) mass is 211 g/mol. The molecule has 1 nitrogen and oxygen atoms in total. The third-order valence-corrected chi connectivity index (χ3v) is 3.02. The van der Waals surface area contributed by atoms with E-state index in [0.717, 1.165) is 24.8 Å². The van der Waals surface area contributed by atoms with Crippen LogP contribution in [0.25, 0.3) is 0 Å². The molecule has 15 heavy (non-hydrogen) atoms. The van der Waals surface area contributed by atoms with E-state index in [-0.39, 0.29) is 0 Å². The standard InChI is InChI=1S/C12H15F2N/c13-12(14)11(15)7-9-5-1-3-8-4-2-6-10(8)9/h1,3,5,11-12H,2,4,6-7,15H2. The van der Waals surface area contributed by atoms with E-state index in [1.165, 1.54) is 11.1 Å². The topological polar surface area (TPSA) is 26.0 Å². The van der Waals surface area contributed by atoms with Gasteiger partial charge < -0.3 is 5.73 Å². The molecule has 1 atom stereocenters. The first-order valence-electron chi connectivity index (χ1n) is 5.32. The summed E-state index contributed by atoms with van der Waals surface area (Å²) in [6.45, 7) is 0. The zero-order valence-electron chi connectivity index (χ0n) is 8.55. The summed E-state index contributed by atoms with van der Waals surface area (Å²) in [5.41, 5.74) is 8.98. The molecule has 0 radical (unpaired) electrons. The highest BCUT2D eigenvalue weighted by Gasteiger charge is 2.20. The summed E-state index contributed by atoms with van der Waals surface area (Å²) in [5, 5.41) is 0. The zero-order valence-corrected chi connectivity index (χ0v) is 8.55. The molecule has 0 spiro atoms. The number of benzene rings is 1. The van der Waals surface area contributed by atoms with Crippen LogP contribution in [-0.2, 0) is 19.3 Å². The molecule has 0 aromatic heterocycles. The van der Waals surface area contributed by atoms with E-state index >= 15 is 0 Å². The average Bonchev–Trinajstić information content (AvgIpc) is 2.66. The Morgan fingerprint density at radius 1 is 1.27 bits per heavy atom. The third-order valence-electron chi connectivity index (χ3n) is 3.02. The molecule has 0 bridgehead atoms. The van der Waals surface area contributed by atoms with Gasteiger partial charge in [-0.25, -0.2) is 8.78 Å². The zero-order chi connectivity index (χ0) is 10.8. The van der Waals surface area contributed by atoms with Crippen molar-refractivity contribution in [1.29, 1.82) is 0 Å². The molecule has 0 amide bonds. The molecule has 0 heterocycles. The highest BCUT2D eigenvalue weighted by Crippen LogP contribution is 2.26. The number of rotatable bonds is 3. The maximum Gasteiger partial charge on any atom is 0.253 e. The maximum absolute atomic E-state index is 12.3. The first-order chi connectivity index (χ1) is 7.18. The lowest BCUT2D eigenvalue weighted by molar-refractivity contribution is 0.116. The molecule has 2 N–H and O–H groups in total. The molecule has 1 unspecified atom stereocenters. The summed E-state index contributed by atoms with van der Waals surface area (Å²) in [6, 6.07) is 4.92. The summed E-state index contributed by atoms with van der Waals surface area (Å²) >= 11 is 0. The first-order valence-corrected chi connectivity index (χ1v) is 5.32. The van der Waals surface area contributed by atoms with Gasteiger partial charge in [0.1, 0.15) is 0 Å². The van der Waals surface area contributed by atoms with Crippen LogP contribution in [0.1, 0.15) is 23.1 Å². The first kappa shape index (κ1) is 10.6. The second-order valence-electron chi connectivity index (χ2n) is 4.11. The Hall–Kier alpha value is -0.960. The quantitative estimate of drug-likeness (QED) is 0.815. The molecule has 2 rings (SSSR count). The molecule has 0 saturated heterocycles. The largest absolute Gasteiger partial charge is 0.323 e. The predicted octanol–water partition coefficient (Wildman–Crippen LogP) is 2.31.